The summed E-state index contributed by atoms with van der Waals surface area (Å²) in [5.74, 6) is 0.339. The van der Waals surface area contributed by atoms with Crippen LogP contribution in [0.2, 0.25) is 0 Å². The number of nitrogens with one attached hydrogen (secondary N) is 1. The molecule has 0 spiro atoms. The summed E-state index contributed by atoms with van der Waals surface area (Å²) in [4.78, 5) is 16.3. The Hall–Kier alpha value is -1.68. The molecule has 0 fully saturated rings. The number of aromatic nitrogens is 1. The quantitative estimate of drug-likeness (QED) is 0.830. The molecule has 1 unspecified atom stereocenters. The van der Waals surface area contributed by atoms with Gasteiger partial charge in [0, 0.05) is 0 Å². The Morgan fingerprint density at radius 1 is 1.05 bits per heavy atom. The van der Waals surface area contributed by atoms with Crippen LogP contribution in [0.1, 0.15) is 54.3 Å². The highest BCUT2D eigenvalue weighted by Gasteiger charge is 2.13. The smallest absolute Gasteiger partial charge is 0.270 e. The van der Waals surface area contributed by atoms with Crippen LogP contribution in [0, 0.1) is 0 Å². The lowest BCUT2D eigenvalue weighted by Crippen LogP contribution is -2.27. The van der Waals surface area contributed by atoms with E-state index in [0.717, 1.165) is 5.56 Å². The summed E-state index contributed by atoms with van der Waals surface area (Å²) in [6.07, 6.45) is 0. The van der Waals surface area contributed by atoms with E-state index in [0.29, 0.717) is 16.2 Å². The minimum atomic E-state index is -0.170. The van der Waals surface area contributed by atoms with Crippen molar-refractivity contribution in [3.63, 3.8) is 0 Å². The van der Waals surface area contributed by atoms with Crippen molar-refractivity contribution in [2.45, 2.75) is 32.7 Å². The second-order valence-corrected chi connectivity index (χ2v) is 6.17. The van der Waals surface area contributed by atoms with Crippen molar-refractivity contribution in [2.24, 2.45) is 0 Å². The largest absolute Gasteiger partial charge is 0.344 e. The van der Waals surface area contributed by atoms with Gasteiger partial charge in [-0.1, -0.05) is 44.2 Å². The van der Waals surface area contributed by atoms with Crippen LogP contribution in [0.3, 0.4) is 0 Å². The molecule has 21 heavy (non-hydrogen) atoms. The third-order valence-electron chi connectivity index (χ3n) is 3.40. The Kier molecular flexibility index (Phi) is 5.12. The molecule has 2 rings (SSSR count). The Labute approximate surface area is 133 Å². The Balaban J connectivity index is 2.07. The van der Waals surface area contributed by atoms with Crippen molar-refractivity contribution < 1.29 is 4.79 Å². The van der Waals surface area contributed by atoms with E-state index in [1.54, 1.807) is 18.2 Å². The molecule has 4 heteroatoms. The predicted molar refractivity (Wildman–Crippen MR) is 88.3 cm³/mol. The highest BCUT2D eigenvalue weighted by atomic mass is 79.9. The van der Waals surface area contributed by atoms with E-state index in [9.17, 15) is 4.79 Å². The number of benzene rings is 1. The fraction of sp³-hybridized carbons (Fsp3) is 0.294. The van der Waals surface area contributed by atoms with Gasteiger partial charge >= 0.3 is 0 Å². The van der Waals surface area contributed by atoms with E-state index < -0.39 is 0 Å². The van der Waals surface area contributed by atoms with Crippen LogP contribution in [0.15, 0.2) is 47.1 Å². The molecule has 2 aromatic rings. The van der Waals surface area contributed by atoms with Gasteiger partial charge in [-0.3, -0.25) is 4.79 Å². The topological polar surface area (TPSA) is 42.0 Å². The van der Waals surface area contributed by atoms with E-state index >= 15 is 0 Å². The van der Waals surface area contributed by atoms with Crippen LogP contribution < -0.4 is 5.32 Å². The lowest BCUT2D eigenvalue weighted by molar-refractivity contribution is 0.0934. The van der Waals surface area contributed by atoms with E-state index in [1.165, 1.54) is 5.56 Å². The molecule has 0 aliphatic carbocycles. The van der Waals surface area contributed by atoms with Crippen molar-refractivity contribution in [3.05, 3.63) is 63.9 Å². The molecule has 1 heterocycles. The zero-order valence-corrected chi connectivity index (χ0v) is 14.0. The molecular weight excluding hydrogens is 328 g/mol. The number of hydrogen-bond acceptors (Lipinski definition) is 2. The van der Waals surface area contributed by atoms with Crippen LogP contribution in [0.5, 0.6) is 0 Å². The molecule has 1 amide bonds. The number of pyridine rings is 1. The number of halogens is 1. The van der Waals surface area contributed by atoms with Crippen LogP contribution >= 0.6 is 15.9 Å². The van der Waals surface area contributed by atoms with Gasteiger partial charge in [0.1, 0.15) is 10.3 Å². The van der Waals surface area contributed by atoms with Gasteiger partial charge in [-0.15, -0.1) is 0 Å². The number of hydrogen-bond donors (Lipinski definition) is 1. The summed E-state index contributed by atoms with van der Waals surface area (Å²) in [5, 5.41) is 2.97. The number of amides is 1. The summed E-state index contributed by atoms with van der Waals surface area (Å²) in [6.45, 7) is 6.30. The van der Waals surface area contributed by atoms with E-state index in [1.807, 2.05) is 6.92 Å². The molecule has 0 saturated carbocycles. The van der Waals surface area contributed by atoms with E-state index in [2.05, 4.69) is 64.3 Å². The molecule has 1 aromatic carbocycles. The van der Waals surface area contributed by atoms with E-state index in [-0.39, 0.29) is 11.9 Å². The summed E-state index contributed by atoms with van der Waals surface area (Å²) >= 11 is 3.27. The maximum absolute atomic E-state index is 12.2. The third kappa shape index (κ3) is 4.14. The molecular formula is C17H19BrN2O. The summed E-state index contributed by atoms with van der Waals surface area (Å²) in [6, 6.07) is 13.6. The SMILES string of the molecule is CC(C)c1ccc(C(C)NC(=O)c2cccc(Br)n2)cc1. The molecule has 110 valence electrons. The first-order valence-electron chi connectivity index (χ1n) is 7.00. The van der Waals surface area contributed by atoms with Gasteiger partial charge in [-0.25, -0.2) is 4.98 Å². The summed E-state index contributed by atoms with van der Waals surface area (Å²) < 4.78 is 0.657. The Morgan fingerprint density at radius 2 is 1.67 bits per heavy atom. The number of rotatable bonds is 4. The zero-order chi connectivity index (χ0) is 15.4. The Morgan fingerprint density at radius 3 is 2.24 bits per heavy atom. The first-order valence-corrected chi connectivity index (χ1v) is 7.80. The van der Waals surface area contributed by atoms with Gasteiger partial charge in [-0.2, -0.15) is 0 Å². The van der Waals surface area contributed by atoms with Gasteiger partial charge in [-0.05, 0) is 52.0 Å². The first-order chi connectivity index (χ1) is 9.97. The van der Waals surface area contributed by atoms with Crippen molar-refractivity contribution in [1.82, 2.24) is 10.3 Å². The van der Waals surface area contributed by atoms with Crippen molar-refractivity contribution >= 4 is 21.8 Å². The average Bonchev–Trinajstić information content (AvgIpc) is 2.47. The second kappa shape index (κ2) is 6.85. The minimum absolute atomic E-state index is 0.0560. The number of nitrogens with zero attached hydrogens (tertiary/aromatic N) is 1. The highest BCUT2D eigenvalue weighted by molar-refractivity contribution is 9.10. The maximum Gasteiger partial charge on any atom is 0.270 e. The van der Waals surface area contributed by atoms with Crippen LogP contribution in [0.25, 0.3) is 0 Å². The molecule has 0 bridgehead atoms. The van der Waals surface area contributed by atoms with Crippen molar-refractivity contribution in [1.29, 1.82) is 0 Å². The minimum Gasteiger partial charge on any atom is -0.344 e. The average molecular weight is 347 g/mol. The second-order valence-electron chi connectivity index (χ2n) is 5.36. The fourth-order valence-electron chi connectivity index (χ4n) is 2.06. The van der Waals surface area contributed by atoms with Crippen LogP contribution in [-0.4, -0.2) is 10.9 Å². The van der Waals surface area contributed by atoms with E-state index in [4.69, 9.17) is 0 Å². The lowest BCUT2D eigenvalue weighted by Gasteiger charge is -2.15. The number of carbonyl (C=O) groups excluding carboxylic acids is 1. The molecule has 1 N–H and O–H groups in total. The van der Waals surface area contributed by atoms with Crippen molar-refractivity contribution in [3.8, 4) is 0 Å². The predicted octanol–water partition coefficient (Wildman–Crippen LogP) is 4.46. The normalized spacial score (nSPS) is 12.2. The highest BCUT2D eigenvalue weighted by Crippen LogP contribution is 2.19. The third-order valence-corrected chi connectivity index (χ3v) is 3.84. The van der Waals surface area contributed by atoms with Crippen LogP contribution in [0.4, 0.5) is 0 Å². The van der Waals surface area contributed by atoms with Gasteiger partial charge < -0.3 is 5.32 Å². The van der Waals surface area contributed by atoms with Crippen molar-refractivity contribution in [2.75, 3.05) is 0 Å². The Bertz CT molecular complexity index is 623. The maximum atomic E-state index is 12.2. The molecule has 0 aliphatic rings. The molecule has 0 saturated heterocycles. The number of carbonyl (C=O) groups is 1. The molecule has 1 atom stereocenters. The summed E-state index contributed by atoms with van der Waals surface area (Å²) in [5.41, 5.74) is 2.80. The standard InChI is InChI=1S/C17H19BrN2O/c1-11(2)13-7-9-14(10-8-13)12(3)19-17(21)15-5-4-6-16(18)20-15/h4-12H,1-3H3,(H,19,21). The van der Waals surface area contributed by atoms with Gasteiger partial charge in [0.2, 0.25) is 0 Å². The molecule has 3 nitrogen and oxygen atoms in total. The lowest BCUT2D eigenvalue weighted by atomic mass is 9.99. The van der Waals surface area contributed by atoms with Gasteiger partial charge in [0.25, 0.3) is 5.91 Å². The fourth-order valence-corrected chi connectivity index (χ4v) is 2.40. The molecule has 1 aromatic heterocycles. The molecule has 0 radical (unpaired) electrons. The van der Waals surface area contributed by atoms with Gasteiger partial charge in [0.15, 0.2) is 0 Å². The van der Waals surface area contributed by atoms with Crippen LogP contribution in [-0.2, 0) is 0 Å². The summed E-state index contributed by atoms with van der Waals surface area (Å²) in [7, 11) is 0. The molecule has 0 aliphatic heterocycles. The monoisotopic (exact) mass is 346 g/mol. The zero-order valence-electron chi connectivity index (χ0n) is 12.4. The van der Waals surface area contributed by atoms with Gasteiger partial charge in [0.05, 0.1) is 6.04 Å². The first kappa shape index (κ1) is 15.7.